The van der Waals surface area contributed by atoms with Gasteiger partial charge < -0.3 is 11.1 Å². The Kier molecular flexibility index (Phi) is 3.52. The van der Waals surface area contributed by atoms with Gasteiger partial charge >= 0.3 is 0 Å². The Labute approximate surface area is 117 Å². The topological polar surface area (TPSA) is 83.8 Å². The molecule has 1 atom stereocenters. The van der Waals surface area contributed by atoms with Crippen LogP contribution in [0.25, 0.3) is 0 Å². The highest BCUT2D eigenvalue weighted by atomic mass is 16.1. The minimum absolute atomic E-state index is 0.0264. The molecule has 1 amide bonds. The van der Waals surface area contributed by atoms with Crippen LogP contribution in [0.2, 0.25) is 0 Å². The van der Waals surface area contributed by atoms with Crippen LogP contribution >= 0.6 is 0 Å². The van der Waals surface area contributed by atoms with E-state index in [9.17, 15) is 4.79 Å². The van der Waals surface area contributed by atoms with Crippen molar-refractivity contribution in [1.29, 1.82) is 0 Å². The Hall–Kier alpha value is -2.14. The first kappa shape index (κ1) is 12.9. The number of nitrogens with one attached hydrogen (secondary N) is 2. The number of carbonyl (C=O) groups is 1. The summed E-state index contributed by atoms with van der Waals surface area (Å²) < 4.78 is 0. The van der Waals surface area contributed by atoms with Gasteiger partial charge in [0.1, 0.15) is 0 Å². The number of H-pyrrole nitrogens is 1. The number of fused-ring (bicyclic) bond motifs is 1. The molecule has 5 heteroatoms. The number of aromatic amines is 1. The summed E-state index contributed by atoms with van der Waals surface area (Å²) in [6.45, 7) is 0.493. The first-order chi connectivity index (χ1) is 9.76. The van der Waals surface area contributed by atoms with E-state index < -0.39 is 0 Å². The van der Waals surface area contributed by atoms with Crippen molar-refractivity contribution in [3.8, 4) is 0 Å². The molecule has 4 N–H and O–H groups in total. The number of hydrogen-bond donors (Lipinski definition) is 3. The molecule has 3 rings (SSSR count). The molecule has 1 unspecified atom stereocenters. The Morgan fingerprint density at radius 1 is 1.40 bits per heavy atom. The summed E-state index contributed by atoms with van der Waals surface area (Å²) in [7, 11) is 0. The van der Waals surface area contributed by atoms with Crippen molar-refractivity contribution in [2.45, 2.75) is 31.8 Å². The van der Waals surface area contributed by atoms with E-state index in [0.29, 0.717) is 12.1 Å². The third-order valence-corrected chi connectivity index (χ3v) is 3.81. The fourth-order valence-corrected chi connectivity index (χ4v) is 2.59. The van der Waals surface area contributed by atoms with Crippen molar-refractivity contribution >= 4 is 5.91 Å². The normalized spacial score (nSPS) is 17.6. The summed E-state index contributed by atoms with van der Waals surface area (Å²) in [4.78, 5) is 12.2. The third kappa shape index (κ3) is 2.58. The largest absolute Gasteiger partial charge is 0.349 e. The number of rotatable bonds is 3. The van der Waals surface area contributed by atoms with Crippen molar-refractivity contribution in [3.05, 3.63) is 52.8 Å². The molecule has 1 aromatic carbocycles. The van der Waals surface area contributed by atoms with Gasteiger partial charge in [0.25, 0.3) is 5.91 Å². The van der Waals surface area contributed by atoms with Gasteiger partial charge in [0.15, 0.2) is 0 Å². The molecule has 0 radical (unpaired) electrons. The molecule has 1 aliphatic carbocycles. The van der Waals surface area contributed by atoms with Gasteiger partial charge in [0, 0.05) is 30.3 Å². The van der Waals surface area contributed by atoms with Crippen LogP contribution in [0.5, 0.6) is 0 Å². The molecule has 104 valence electrons. The molecule has 0 bridgehead atoms. The van der Waals surface area contributed by atoms with Crippen molar-refractivity contribution in [2.75, 3.05) is 0 Å². The number of hydrogen-bond acceptors (Lipinski definition) is 3. The predicted octanol–water partition coefficient (Wildman–Crippen LogP) is 1.16. The Balaban J connectivity index is 1.64. The summed E-state index contributed by atoms with van der Waals surface area (Å²) in [5, 5.41) is 10.1. The highest BCUT2D eigenvalue weighted by Gasteiger charge is 2.21. The highest BCUT2D eigenvalue weighted by Crippen LogP contribution is 2.19. The number of nitrogens with zero attached hydrogens (tertiary/aromatic N) is 1. The molecule has 1 aliphatic rings. The summed E-state index contributed by atoms with van der Waals surface area (Å²) >= 11 is 0. The average Bonchev–Trinajstić information content (AvgIpc) is 2.95. The van der Waals surface area contributed by atoms with E-state index in [1.807, 2.05) is 30.5 Å². The first-order valence-electron chi connectivity index (χ1n) is 6.87. The van der Waals surface area contributed by atoms with Gasteiger partial charge in [-0.1, -0.05) is 12.1 Å². The maximum Gasteiger partial charge on any atom is 0.251 e. The summed E-state index contributed by atoms with van der Waals surface area (Å²) in [5.74, 6) is -0.0264. The molecule has 5 nitrogen and oxygen atoms in total. The van der Waals surface area contributed by atoms with Gasteiger partial charge in [0.05, 0.1) is 6.20 Å². The Bertz CT molecular complexity index is 603. The average molecular weight is 270 g/mol. The Morgan fingerprint density at radius 2 is 2.20 bits per heavy atom. The zero-order valence-electron chi connectivity index (χ0n) is 11.2. The summed E-state index contributed by atoms with van der Waals surface area (Å²) in [6.07, 6.45) is 4.61. The lowest BCUT2D eigenvalue weighted by atomic mass is 9.93. The van der Waals surface area contributed by atoms with E-state index in [4.69, 9.17) is 5.73 Å². The lowest BCUT2D eigenvalue weighted by Gasteiger charge is -2.22. The molecule has 0 spiro atoms. The van der Waals surface area contributed by atoms with Crippen LogP contribution in [0.3, 0.4) is 0 Å². The van der Waals surface area contributed by atoms with Crippen LogP contribution in [-0.2, 0) is 19.4 Å². The molecule has 0 aliphatic heterocycles. The molecule has 1 aromatic heterocycles. The second-order valence-electron chi connectivity index (χ2n) is 5.19. The van der Waals surface area contributed by atoms with E-state index in [1.54, 1.807) is 0 Å². The monoisotopic (exact) mass is 270 g/mol. The molecular formula is C15H18N4O. The second-order valence-corrected chi connectivity index (χ2v) is 5.19. The summed E-state index contributed by atoms with van der Waals surface area (Å²) in [6, 6.07) is 7.60. The minimum Gasteiger partial charge on any atom is -0.349 e. The van der Waals surface area contributed by atoms with Crippen molar-refractivity contribution in [3.63, 3.8) is 0 Å². The standard InChI is InChI=1S/C15H18N4O/c16-8-10-1-3-11(4-2-10)15(20)18-13-6-5-12-9-17-19-14(12)7-13/h1-4,9,13H,5-8,16H2,(H,17,19)(H,18,20). The van der Waals surface area contributed by atoms with E-state index in [0.717, 1.165) is 30.5 Å². The lowest BCUT2D eigenvalue weighted by Crippen LogP contribution is -2.38. The molecule has 0 fully saturated rings. The number of aryl methyl sites for hydroxylation is 1. The van der Waals surface area contributed by atoms with Crippen LogP contribution in [0, 0.1) is 0 Å². The molecule has 1 heterocycles. The van der Waals surface area contributed by atoms with Crippen molar-refractivity contribution in [2.24, 2.45) is 5.73 Å². The van der Waals surface area contributed by atoms with Gasteiger partial charge in [-0.25, -0.2) is 0 Å². The van der Waals surface area contributed by atoms with E-state index >= 15 is 0 Å². The van der Waals surface area contributed by atoms with Gasteiger partial charge in [0.2, 0.25) is 0 Å². The smallest absolute Gasteiger partial charge is 0.251 e. The highest BCUT2D eigenvalue weighted by molar-refractivity contribution is 5.94. The molecule has 2 aromatic rings. The lowest BCUT2D eigenvalue weighted by molar-refractivity contribution is 0.0933. The van der Waals surface area contributed by atoms with Gasteiger partial charge in [-0.15, -0.1) is 0 Å². The number of carbonyl (C=O) groups excluding carboxylic acids is 1. The number of amides is 1. The number of benzene rings is 1. The van der Waals surface area contributed by atoms with Crippen LogP contribution < -0.4 is 11.1 Å². The molecule has 0 saturated carbocycles. The first-order valence-corrected chi connectivity index (χ1v) is 6.87. The van der Waals surface area contributed by atoms with Gasteiger partial charge in [-0.05, 0) is 36.1 Å². The maximum atomic E-state index is 12.2. The van der Waals surface area contributed by atoms with E-state index in [-0.39, 0.29) is 11.9 Å². The number of nitrogens with two attached hydrogens (primary N) is 1. The number of aromatic nitrogens is 2. The zero-order valence-corrected chi connectivity index (χ0v) is 11.2. The van der Waals surface area contributed by atoms with Crippen molar-refractivity contribution < 1.29 is 4.79 Å². The van der Waals surface area contributed by atoms with E-state index in [1.165, 1.54) is 5.56 Å². The third-order valence-electron chi connectivity index (χ3n) is 3.81. The molecular weight excluding hydrogens is 252 g/mol. The fraction of sp³-hybridized carbons (Fsp3) is 0.333. The minimum atomic E-state index is -0.0264. The SMILES string of the molecule is NCc1ccc(C(=O)NC2CCc3cn[nH]c3C2)cc1. The molecule has 20 heavy (non-hydrogen) atoms. The Morgan fingerprint density at radius 3 is 2.95 bits per heavy atom. The van der Waals surface area contributed by atoms with Gasteiger partial charge in [-0.2, -0.15) is 5.10 Å². The zero-order chi connectivity index (χ0) is 13.9. The van der Waals surface area contributed by atoms with Crippen LogP contribution in [0.4, 0.5) is 0 Å². The maximum absolute atomic E-state index is 12.2. The predicted molar refractivity (Wildman–Crippen MR) is 76.2 cm³/mol. The quantitative estimate of drug-likeness (QED) is 0.782. The second kappa shape index (κ2) is 5.46. The van der Waals surface area contributed by atoms with E-state index in [2.05, 4.69) is 15.5 Å². The fourth-order valence-electron chi connectivity index (χ4n) is 2.59. The van der Waals surface area contributed by atoms with Crippen LogP contribution in [-0.4, -0.2) is 22.1 Å². The molecule has 0 saturated heterocycles. The van der Waals surface area contributed by atoms with Crippen LogP contribution in [0.1, 0.15) is 33.6 Å². The van der Waals surface area contributed by atoms with Gasteiger partial charge in [-0.3, -0.25) is 9.89 Å². The van der Waals surface area contributed by atoms with Crippen molar-refractivity contribution in [1.82, 2.24) is 15.5 Å². The summed E-state index contributed by atoms with van der Waals surface area (Å²) in [5.41, 5.74) is 9.66. The van der Waals surface area contributed by atoms with Crippen LogP contribution in [0.15, 0.2) is 30.5 Å².